The Morgan fingerprint density at radius 1 is 1.37 bits per heavy atom. The fraction of sp³-hybridized carbons (Fsp3) is 0.500. The van der Waals surface area contributed by atoms with E-state index in [1.54, 1.807) is 6.20 Å². The molecule has 104 valence electrons. The monoisotopic (exact) mass is 262 g/mol. The van der Waals surface area contributed by atoms with Crippen LogP contribution in [-0.2, 0) is 4.74 Å². The number of nitrogens with zero attached hydrogens (tertiary/aromatic N) is 1. The smallest absolute Gasteiger partial charge is 0.0672 e. The molecule has 0 aliphatic carbocycles. The van der Waals surface area contributed by atoms with Gasteiger partial charge in [0.25, 0.3) is 0 Å². The number of H-pyrrole nitrogens is 1. The van der Waals surface area contributed by atoms with Gasteiger partial charge in [-0.25, -0.2) is 0 Å². The highest BCUT2D eigenvalue weighted by Gasteiger charge is 2.03. The Morgan fingerprint density at radius 2 is 2.21 bits per heavy atom. The molecular weight excluding hydrogens is 240 g/mol. The fourth-order valence-corrected chi connectivity index (χ4v) is 1.93. The third-order valence-corrected chi connectivity index (χ3v) is 2.95. The number of unbranched alkanes of at least 4 members (excludes halogenated alkanes) is 1. The van der Waals surface area contributed by atoms with Gasteiger partial charge in [-0.2, -0.15) is 5.10 Å². The molecule has 0 unspecified atom stereocenters. The van der Waals surface area contributed by atoms with Gasteiger partial charge in [0.2, 0.25) is 0 Å². The molecule has 1 aromatic heterocycles. The van der Waals surface area contributed by atoms with Crippen LogP contribution < -0.4 is 11.1 Å². The van der Waals surface area contributed by atoms with Gasteiger partial charge in [-0.05, 0) is 38.8 Å². The largest absolute Gasteiger partial charge is 0.397 e. The number of rotatable bonds is 7. The molecule has 0 aliphatic rings. The van der Waals surface area contributed by atoms with E-state index in [1.165, 1.54) is 0 Å². The van der Waals surface area contributed by atoms with Crippen molar-refractivity contribution in [1.82, 2.24) is 10.2 Å². The van der Waals surface area contributed by atoms with Crippen molar-refractivity contribution in [2.75, 3.05) is 24.2 Å². The second kappa shape index (κ2) is 6.43. The number of aromatic amines is 1. The molecule has 2 rings (SSSR count). The highest BCUT2D eigenvalue weighted by molar-refractivity contribution is 5.88. The number of hydrogen-bond acceptors (Lipinski definition) is 4. The molecule has 19 heavy (non-hydrogen) atoms. The molecule has 0 aliphatic heterocycles. The van der Waals surface area contributed by atoms with E-state index < -0.39 is 0 Å². The number of ether oxygens (including phenoxy) is 1. The number of nitrogens with two attached hydrogens (primary N) is 1. The maximum absolute atomic E-state index is 6.00. The first-order valence-electron chi connectivity index (χ1n) is 6.75. The average molecular weight is 262 g/mol. The Kier molecular flexibility index (Phi) is 4.63. The van der Waals surface area contributed by atoms with Crippen LogP contribution in [0.5, 0.6) is 0 Å². The first-order chi connectivity index (χ1) is 9.16. The molecule has 2 aromatic rings. The summed E-state index contributed by atoms with van der Waals surface area (Å²) in [6.45, 7) is 5.82. The van der Waals surface area contributed by atoms with Crippen LogP contribution in [0.15, 0.2) is 18.3 Å². The molecule has 1 aromatic carbocycles. The fourth-order valence-electron chi connectivity index (χ4n) is 1.93. The molecule has 0 fully saturated rings. The highest BCUT2D eigenvalue weighted by atomic mass is 16.5. The van der Waals surface area contributed by atoms with Crippen molar-refractivity contribution < 1.29 is 4.74 Å². The average Bonchev–Trinajstić information content (AvgIpc) is 2.80. The first-order valence-corrected chi connectivity index (χ1v) is 6.75. The first kappa shape index (κ1) is 13.7. The van der Waals surface area contributed by atoms with Crippen molar-refractivity contribution in [2.24, 2.45) is 0 Å². The van der Waals surface area contributed by atoms with Gasteiger partial charge < -0.3 is 15.8 Å². The molecule has 1 heterocycles. The quantitative estimate of drug-likeness (QED) is 0.530. The van der Waals surface area contributed by atoms with E-state index in [0.29, 0.717) is 6.10 Å². The van der Waals surface area contributed by atoms with Gasteiger partial charge in [0.1, 0.15) is 0 Å². The summed E-state index contributed by atoms with van der Waals surface area (Å²) in [6.07, 6.45) is 4.20. The molecule has 0 saturated carbocycles. The molecule has 5 heteroatoms. The predicted molar refractivity (Wildman–Crippen MR) is 79.3 cm³/mol. The van der Waals surface area contributed by atoms with Crippen LogP contribution >= 0.6 is 0 Å². The van der Waals surface area contributed by atoms with Crippen molar-refractivity contribution in [3.63, 3.8) is 0 Å². The molecule has 0 atom stereocenters. The van der Waals surface area contributed by atoms with Gasteiger partial charge in [0, 0.05) is 18.5 Å². The van der Waals surface area contributed by atoms with Crippen LogP contribution in [0.2, 0.25) is 0 Å². The van der Waals surface area contributed by atoms with E-state index in [1.807, 2.05) is 12.1 Å². The van der Waals surface area contributed by atoms with E-state index in [2.05, 4.69) is 29.4 Å². The minimum absolute atomic E-state index is 0.311. The number of fused-ring (bicyclic) bond motifs is 1. The lowest BCUT2D eigenvalue weighted by Crippen LogP contribution is -2.08. The van der Waals surface area contributed by atoms with E-state index in [-0.39, 0.29) is 0 Å². The Hall–Kier alpha value is -1.75. The standard InChI is InChI=1S/C14H22N4O/c1-10(2)19-6-4-3-5-16-14-8-13-11(7-12(14)15)9-17-18-13/h7-10,16H,3-6,15H2,1-2H3,(H,17,18). The van der Waals surface area contributed by atoms with Crippen molar-refractivity contribution in [3.05, 3.63) is 18.3 Å². The molecule has 0 spiro atoms. The van der Waals surface area contributed by atoms with Crippen LogP contribution in [0.1, 0.15) is 26.7 Å². The van der Waals surface area contributed by atoms with Crippen LogP contribution in [0.3, 0.4) is 0 Å². The Labute approximate surface area is 113 Å². The Bertz CT molecular complexity index is 521. The zero-order valence-corrected chi connectivity index (χ0v) is 11.6. The Balaban J connectivity index is 1.79. The number of hydrogen-bond donors (Lipinski definition) is 3. The summed E-state index contributed by atoms with van der Waals surface area (Å²) < 4.78 is 5.50. The SMILES string of the molecule is CC(C)OCCCCNc1cc2[nH]ncc2cc1N. The summed E-state index contributed by atoms with van der Waals surface area (Å²) in [5, 5.41) is 11.3. The van der Waals surface area contributed by atoms with Crippen molar-refractivity contribution >= 4 is 22.3 Å². The molecular formula is C14H22N4O. The lowest BCUT2D eigenvalue weighted by atomic mass is 10.2. The second-order valence-corrected chi connectivity index (χ2v) is 4.95. The van der Waals surface area contributed by atoms with Gasteiger partial charge in [-0.1, -0.05) is 0 Å². The van der Waals surface area contributed by atoms with Crippen LogP contribution in [-0.4, -0.2) is 29.5 Å². The zero-order valence-electron chi connectivity index (χ0n) is 11.6. The van der Waals surface area contributed by atoms with Gasteiger partial charge >= 0.3 is 0 Å². The van der Waals surface area contributed by atoms with E-state index in [4.69, 9.17) is 10.5 Å². The third-order valence-electron chi connectivity index (χ3n) is 2.95. The van der Waals surface area contributed by atoms with Crippen LogP contribution in [0.4, 0.5) is 11.4 Å². The molecule has 0 radical (unpaired) electrons. The summed E-state index contributed by atoms with van der Waals surface area (Å²) in [5.74, 6) is 0. The topological polar surface area (TPSA) is 76.0 Å². The molecule has 0 amide bonds. The minimum Gasteiger partial charge on any atom is -0.397 e. The number of aromatic nitrogens is 2. The van der Waals surface area contributed by atoms with Crippen molar-refractivity contribution in [1.29, 1.82) is 0 Å². The van der Waals surface area contributed by atoms with Crippen molar-refractivity contribution in [2.45, 2.75) is 32.8 Å². The summed E-state index contributed by atoms with van der Waals surface area (Å²) in [6, 6.07) is 3.94. The number of nitrogens with one attached hydrogen (secondary N) is 2. The molecule has 0 bridgehead atoms. The normalized spacial score (nSPS) is 11.3. The summed E-state index contributed by atoms with van der Waals surface area (Å²) in [4.78, 5) is 0. The third kappa shape index (κ3) is 3.86. The van der Waals surface area contributed by atoms with E-state index >= 15 is 0 Å². The van der Waals surface area contributed by atoms with Gasteiger partial charge in [-0.3, -0.25) is 5.10 Å². The van der Waals surface area contributed by atoms with Crippen molar-refractivity contribution in [3.8, 4) is 0 Å². The van der Waals surface area contributed by atoms with Gasteiger partial charge in [0.05, 0.1) is 29.2 Å². The van der Waals surface area contributed by atoms with E-state index in [0.717, 1.165) is 48.3 Å². The summed E-state index contributed by atoms with van der Waals surface area (Å²) >= 11 is 0. The molecule has 5 nitrogen and oxygen atoms in total. The number of nitrogen functional groups attached to an aromatic ring is 1. The maximum Gasteiger partial charge on any atom is 0.0672 e. The van der Waals surface area contributed by atoms with Crippen LogP contribution in [0, 0.1) is 0 Å². The van der Waals surface area contributed by atoms with Crippen LogP contribution in [0.25, 0.3) is 10.9 Å². The maximum atomic E-state index is 6.00. The van der Waals surface area contributed by atoms with Gasteiger partial charge in [-0.15, -0.1) is 0 Å². The molecule has 4 N–H and O–H groups in total. The predicted octanol–water partition coefficient (Wildman–Crippen LogP) is 2.76. The minimum atomic E-state index is 0.311. The second-order valence-electron chi connectivity index (χ2n) is 4.95. The summed E-state index contributed by atoms with van der Waals surface area (Å²) in [7, 11) is 0. The Morgan fingerprint density at radius 3 is 3.00 bits per heavy atom. The zero-order chi connectivity index (χ0) is 13.7. The lowest BCUT2D eigenvalue weighted by molar-refractivity contribution is 0.0765. The number of benzene rings is 1. The molecule has 0 saturated heterocycles. The van der Waals surface area contributed by atoms with Gasteiger partial charge in [0.15, 0.2) is 0 Å². The number of anilines is 2. The summed E-state index contributed by atoms with van der Waals surface area (Å²) in [5.41, 5.74) is 8.71. The lowest BCUT2D eigenvalue weighted by Gasteiger charge is -2.10. The van der Waals surface area contributed by atoms with E-state index in [9.17, 15) is 0 Å². The highest BCUT2D eigenvalue weighted by Crippen LogP contribution is 2.24.